The Labute approximate surface area is 89.1 Å². The second kappa shape index (κ2) is 5.10. The second-order valence-electron chi connectivity index (χ2n) is 3.10. The van der Waals surface area contributed by atoms with Crippen molar-refractivity contribution in [1.29, 1.82) is 0 Å². The second-order valence-corrected chi connectivity index (χ2v) is 3.10. The van der Waals surface area contributed by atoms with Gasteiger partial charge < -0.3 is 4.74 Å². The lowest BCUT2D eigenvalue weighted by molar-refractivity contribution is -0.142. The fourth-order valence-electron chi connectivity index (χ4n) is 0.989. The first kappa shape index (κ1) is 11.2. The number of nitrogens with zero attached hydrogens (tertiary/aromatic N) is 1. The quantitative estimate of drug-likeness (QED) is 0.428. The van der Waals surface area contributed by atoms with E-state index in [1.807, 2.05) is 6.07 Å². The summed E-state index contributed by atoms with van der Waals surface area (Å²) in [6.45, 7) is 8.71. The Balaban J connectivity index is 2.78. The van der Waals surface area contributed by atoms with E-state index < -0.39 is 12.1 Å². The summed E-state index contributed by atoms with van der Waals surface area (Å²) in [6.07, 6.45) is 2.65. The van der Waals surface area contributed by atoms with Crippen LogP contribution in [0.15, 0.2) is 49.2 Å². The molecule has 0 aromatic carbocycles. The molecule has 0 saturated heterocycles. The Morgan fingerprint density at radius 1 is 1.60 bits per heavy atom. The molecule has 0 bridgehead atoms. The first-order chi connectivity index (χ1) is 7.15. The number of carbonyl (C=O) groups excluding carboxylic acids is 1. The first-order valence-corrected chi connectivity index (χ1v) is 4.55. The highest BCUT2D eigenvalue weighted by atomic mass is 16.5. The molecule has 0 spiro atoms. The van der Waals surface area contributed by atoms with Crippen LogP contribution in [0, 0.1) is 0 Å². The van der Waals surface area contributed by atoms with E-state index in [-0.39, 0.29) is 0 Å². The molecule has 0 fully saturated rings. The standard InChI is InChI=1S/C12H13NO2/c1-4-11(15-12(14)9(2)3)10-7-5-6-8-13-10/h4-8,11H,1-2H2,3H3. The van der Waals surface area contributed by atoms with Gasteiger partial charge in [-0.05, 0) is 25.1 Å². The molecule has 1 atom stereocenters. The monoisotopic (exact) mass is 203 g/mol. The molecule has 0 amide bonds. The van der Waals surface area contributed by atoms with Crippen LogP contribution in [0.4, 0.5) is 0 Å². The summed E-state index contributed by atoms with van der Waals surface area (Å²) in [5, 5.41) is 0. The van der Waals surface area contributed by atoms with Crippen molar-refractivity contribution in [2.75, 3.05) is 0 Å². The van der Waals surface area contributed by atoms with Crippen molar-refractivity contribution in [1.82, 2.24) is 4.98 Å². The summed E-state index contributed by atoms with van der Waals surface area (Å²) in [4.78, 5) is 15.4. The molecule has 0 N–H and O–H groups in total. The Kier molecular flexibility index (Phi) is 3.80. The number of esters is 1. The molecule has 1 aromatic rings. The van der Waals surface area contributed by atoms with E-state index in [1.54, 1.807) is 25.3 Å². The number of ether oxygens (including phenoxy) is 1. The van der Waals surface area contributed by atoms with E-state index in [1.165, 1.54) is 6.08 Å². The molecule has 3 nitrogen and oxygen atoms in total. The van der Waals surface area contributed by atoms with Crippen LogP contribution in [-0.4, -0.2) is 11.0 Å². The van der Waals surface area contributed by atoms with Gasteiger partial charge in [-0.3, -0.25) is 4.98 Å². The number of hydrogen-bond acceptors (Lipinski definition) is 3. The van der Waals surface area contributed by atoms with E-state index in [0.29, 0.717) is 11.3 Å². The molecule has 0 aliphatic heterocycles. The average molecular weight is 203 g/mol. The van der Waals surface area contributed by atoms with E-state index >= 15 is 0 Å². The Morgan fingerprint density at radius 2 is 2.33 bits per heavy atom. The normalized spacial score (nSPS) is 11.5. The molecule has 1 heterocycles. The number of aromatic nitrogens is 1. The summed E-state index contributed by atoms with van der Waals surface area (Å²) in [7, 11) is 0. The van der Waals surface area contributed by atoms with Crippen LogP contribution in [0.1, 0.15) is 18.7 Å². The number of hydrogen-bond donors (Lipinski definition) is 0. The highest BCUT2D eigenvalue weighted by molar-refractivity contribution is 5.87. The molecular weight excluding hydrogens is 190 g/mol. The van der Waals surface area contributed by atoms with Crippen molar-refractivity contribution in [2.45, 2.75) is 13.0 Å². The van der Waals surface area contributed by atoms with Gasteiger partial charge in [-0.15, -0.1) is 0 Å². The third-order valence-electron chi connectivity index (χ3n) is 1.78. The zero-order valence-corrected chi connectivity index (χ0v) is 8.64. The number of pyridine rings is 1. The minimum absolute atomic E-state index is 0.359. The predicted molar refractivity (Wildman–Crippen MR) is 58.1 cm³/mol. The fraction of sp³-hybridized carbons (Fsp3) is 0.167. The maximum atomic E-state index is 11.3. The van der Waals surface area contributed by atoms with Crippen molar-refractivity contribution >= 4 is 5.97 Å². The number of carbonyl (C=O) groups is 1. The predicted octanol–water partition coefficient (Wildman–Crippen LogP) is 2.43. The lowest BCUT2D eigenvalue weighted by Gasteiger charge is -2.12. The number of rotatable bonds is 4. The molecule has 78 valence electrons. The Hall–Kier alpha value is -1.90. The van der Waals surface area contributed by atoms with Crippen molar-refractivity contribution in [3.8, 4) is 0 Å². The van der Waals surface area contributed by atoms with Gasteiger partial charge in [-0.1, -0.05) is 19.2 Å². The Bertz CT molecular complexity index is 370. The third-order valence-corrected chi connectivity index (χ3v) is 1.78. The molecule has 1 rings (SSSR count). The SMILES string of the molecule is C=CC(OC(=O)C(=C)C)c1ccccn1. The molecule has 0 radical (unpaired) electrons. The summed E-state index contributed by atoms with van der Waals surface area (Å²) < 4.78 is 5.13. The summed E-state index contributed by atoms with van der Waals surface area (Å²) >= 11 is 0. The van der Waals surface area contributed by atoms with Crippen molar-refractivity contribution in [3.05, 3.63) is 54.9 Å². The molecule has 0 saturated carbocycles. The van der Waals surface area contributed by atoms with Crippen LogP contribution in [0.5, 0.6) is 0 Å². The molecule has 1 unspecified atom stereocenters. The minimum Gasteiger partial charge on any atom is -0.448 e. The fourth-order valence-corrected chi connectivity index (χ4v) is 0.989. The summed E-state index contributed by atoms with van der Waals surface area (Å²) in [6, 6.07) is 5.40. The van der Waals surface area contributed by atoms with Gasteiger partial charge in [0.1, 0.15) is 0 Å². The maximum Gasteiger partial charge on any atom is 0.334 e. The van der Waals surface area contributed by atoms with Gasteiger partial charge in [0, 0.05) is 11.8 Å². The van der Waals surface area contributed by atoms with Crippen LogP contribution >= 0.6 is 0 Å². The van der Waals surface area contributed by atoms with Gasteiger partial charge in [-0.25, -0.2) is 4.79 Å². The van der Waals surface area contributed by atoms with Gasteiger partial charge in [0.05, 0.1) is 5.69 Å². The largest absolute Gasteiger partial charge is 0.448 e. The van der Waals surface area contributed by atoms with E-state index in [2.05, 4.69) is 18.1 Å². The summed E-state index contributed by atoms with van der Waals surface area (Å²) in [5.41, 5.74) is 1.01. The van der Waals surface area contributed by atoms with Crippen LogP contribution in [0.3, 0.4) is 0 Å². The van der Waals surface area contributed by atoms with Gasteiger partial charge in [-0.2, -0.15) is 0 Å². The van der Waals surface area contributed by atoms with Gasteiger partial charge in [0.2, 0.25) is 0 Å². The summed E-state index contributed by atoms with van der Waals surface area (Å²) in [5.74, 6) is -0.439. The molecule has 15 heavy (non-hydrogen) atoms. The first-order valence-electron chi connectivity index (χ1n) is 4.55. The highest BCUT2D eigenvalue weighted by Crippen LogP contribution is 2.16. The third kappa shape index (κ3) is 3.06. The van der Waals surface area contributed by atoms with E-state index in [9.17, 15) is 4.79 Å². The maximum absolute atomic E-state index is 11.3. The lowest BCUT2D eigenvalue weighted by Crippen LogP contribution is -2.10. The van der Waals surface area contributed by atoms with E-state index in [4.69, 9.17) is 4.74 Å². The molecule has 1 aromatic heterocycles. The zero-order chi connectivity index (χ0) is 11.3. The molecule has 3 heteroatoms. The van der Waals surface area contributed by atoms with Gasteiger partial charge in [0.25, 0.3) is 0 Å². The lowest BCUT2D eigenvalue weighted by atomic mass is 10.2. The van der Waals surface area contributed by atoms with E-state index in [0.717, 1.165) is 0 Å². The topological polar surface area (TPSA) is 39.2 Å². The van der Waals surface area contributed by atoms with Crippen LogP contribution in [0.2, 0.25) is 0 Å². The van der Waals surface area contributed by atoms with Crippen molar-refractivity contribution in [2.24, 2.45) is 0 Å². The molecular formula is C12H13NO2. The minimum atomic E-state index is -0.518. The highest BCUT2D eigenvalue weighted by Gasteiger charge is 2.14. The van der Waals surface area contributed by atoms with Crippen LogP contribution in [0.25, 0.3) is 0 Å². The van der Waals surface area contributed by atoms with Gasteiger partial charge in [0.15, 0.2) is 6.10 Å². The zero-order valence-electron chi connectivity index (χ0n) is 8.64. The van der Waals surface area contributed by atoms with Crippen LogP contribution < -0.4 is 0 Å². The van der Waals surface area contributed by atoms with Crippen molar-refractivity contribution < 1.29 is 9.53 Å². The van der Waals surface area contributed by atoms with Crippen LogP contribution in [-0.2, 0) is 9.53 Å². The smallest absolute Gasteiger partial charge is 0.334 e. The van der Waals surface area contributed by atoms with Gasteiger partial charge >= 0.3 is 5.97 Å². The molecule has 0 aliphatic carbocycles. The van der Waals surface area contributed by atoms with Crippen molar-refractivity contribution in [3.63, 3.8) is 0 Å². The average Bonchev–Trinajstić information content (AvgIpc) is 2.26. The Morgan fingerprint density at radius 3 is 2.80 bits per heavy atom. The molecule has 0 aliphatic rings.